The van der Waals surface area contributed by atoms with Crippen molar-refractivity contribution in [3.63, 3.8) is 0 Å². The summed E-state index contributed by atoms with van der Waals surface area (Å²) in [6.07, 6.45) is 2.13. The highest BCUT2D eigenvalue weighted by Crippen LogP contribution is 2.28. The highest BCUT2D eigenvalue weighted by atomic mass is 28.3. The van der Waals surface area contributed by atoms with Crippen LogP contribution in [0.3, 0.4) is 0 Å². The highest BCUT2D eigenvalue weighted by molar-refractivity contribution is 6.91. The second-order valence-corrected chi connectivity index (χ2v) is 10.4. The zero-order valence-corrected chi connectivity index (χ0v) is 13.1. The van der Waals surface area contributed by atoms with Crippen LogP contribution in [-0.4, -0.2) is 8.07 Å². The van der Waals surface area contributed by atoms with Crippen LogP contribution in [0.4, 0.5) is 0 Å². The van der Waals surface area contributed by atoms with Crippen molar-refractivity contribution in [1.29, 1.82) is 0 Å². The molecule has 98 valence electrons. The third-order valence-corrected chi connectivity index (χ3v) is 7.88. The van der Waals surface area contributed by atoms with Gasteiger partial charge in [0, 0.05) is 5.54 Å². The topological polar surface area (TPSA) is 0 Å². The summed E-state index contributed by atoms with van der Waals surface area (Å²) in [5.41, 5.74) is 3.17. The first-order chi connectivity index (χ1) is 9.05. The van der Waals surface area contributed by atoms with E-state index >= 15 is 0 Å². The quantitative estimate of drug-likeness (QED) is 0.567. The number of hydrogen-bond donors (Lipinski definition) is 0. The van der Waals surface area contributed by atoms with Gasteiger partial charge < -0.3 is 0 Å². The van der Waals surface area contributed by atoms with Gasteiger partial charge in [0.2, 0.25) is 0 Å². The van der Waals surface area contributed by atoms with Crippen LogP contribution in [-0.2, 0) is 0 Å². The average Bonchev–Trinajstić information content (AvgIpc) is 2.40. The van der Waals surface area contributed by atoms with E-state index in [0.29, 0.717) is 5.54 Å². The molecule has 0 amide bonds. The van der Waals surface area contributed by atoms with Gasteiger partial charge in [0.15, 0.2) is 0 Å². The summed E-state index contributed by atoms with van der Waals surface area (Å²) in [7, 11) is -1.59. The van der Waals surface area contributed by atoms with E-state index in [9.17, 15) is 0 Å². The average molecular weight is 266 g/mol. The van der Waals surface area contributed by atoms with Gasteiger partial charge in [-0.3, -0.25) is 0 Å². The van der Waals surface area contributed by atoms with E-state index in [1.54, 1.807) is 0 Å². The third kappa shape index (κ3) is 2.87. The summed E-state index contributed by atoms with van der Waals surface area (Å²) in [6.45, 7) is 11.1. The van der Waals surface area contributed by atoms with Crippen molar-refractivity contribution in [2.24, 2.45) is 0 Å². The van der Waals surface area contributed by atoms with Crippen molar-refractivity contribution in [1.82, 2.24) is 0 Å². The summed E-state index contributed by atoms with van der Waals surface area (Å²) in [6, 6.07) is 19.7. The minimum atomic E-state index is -1.59. The summed E-state index contributed by atoms with van der Waals surface area (Å²) in [5, 5.41) is 1.49. The minimum absolute atomic E-state index is 0.454. The lowest BCUT2D eigenvalue weighted by Gasteiger charge is -2.31. The molecular formula is C18H22Si. The SMILES string of the molecule is C=CC(c1cccc(C)c1)[Si](C)(C)c1ccccc1. The van der Waals surface area contributed by atoms with Crippen molar-refractivity contribution >= 4 is 13.3 Å². The lowest BCUT2D eigenvalue weighted by atomic mass is 10.1. The monoisotopic (exact) mass is 266 g/mol. The lowest BCUT2D eigenvalue weighted by molar-refractivity contribution is 1.14. The van der Waals surface area contributed by atoms with E-state index in [1.165, 1.54) is 16.3 Å². The second-order valence-electron chi connectivity index (χ2n) is 5.72. The maximum Gasteiger partial charge on any atom is 0.0919 e. The number of aryl methyl sites for hydroxylation is 1. The van der Waals surface area contributed by atoms with Crippen LogP contribution < -0.4 is 5.19 Å². The van der Waals surface area contributed by atoms with Crippen LogP contribution in [0.2, 0.25) is 13.1 Å². The van der Waals surface area contributed by atoms with E-state index in [1.807, 2.05) is 0 Å². The molecule has 0 nitrogen and oxygen atoms in total. The lowest BCUT2D eigenvalue weighted by Crippen LogP contribution is -2.46. The molecule has 0 heterocycles. The molecule has 1 heteroatoms. The Balaban J connectivity index is 2.44. The van der Waals surface area contributed by atoms with Gasteiger partial charge in [-0.05, 0) is 12.5 Å². The minimum Gasteiger partial charge on any atom is -0.103 e. The van der Waals surface area contributed by atoms with Crippen LogP contribution in [0, 0.1) is 6.92 Å². The van der Waals surface area contributed by atoms with Gasteiger partial charge in [-0.15, -0.1) is 6.58 Å². The Kier molecular flexibility index (Phi) is 4.06. The van der Waals surface area contributed by atoms with Gasteiger partial charge in [0.05, 0.1) is 8.07 Å². The number of hydrogen-bond acceptors (Lipinski definition) is 0. The molecule has 0 saturated heterocycles. The van der Waals surface area contributed by atoms with Gasteiger partial charge in [-0.2, -0.15) is 0 Å². The molecule has 2 rings (SSSR count). The molecule has 0 aliphatic carbocycles. The Hall–Kier alpha value is -1.60. The molecule has 0 bridgehead atoms. The molecule has 0 aliphatic heterocycles. The van der Waals surface area contributed by atoms with Gasteiger partial charge in [0.1, 0.15) is 0 Å². The highest BCUT2D eigenvalue weighted by Gasteiger charge is 2.32. The first kappa shape index (κ1) is 13.8. The third-order valence-electron chi connectivity index (χ3n) is 3.93. The molecule has 0 saturated carbocycles. The number of rotatable bonds is 4. The Morgan fingerprint density at radius 2 is 1.68 bits per heavy atom. The molecule has 1 unspecified atom stereocenters. The summed E-state index contributed by atoms with van der Waals surface area (Å²) < 4.78 is 0. The van der Waals surface area contributed by atoms with Crippen molar-refractivity contribution in [3.05, 3.63) is 78.4 Å². The standard InChI is InChI=1S/C18H22Si/c1-5-18(16-11-9-10-15(2)14-16)19(3,4)17-12-7-6-8-13-17/h5-14,18H,1H2,2-4H3. The smallest absolute Gasteiger partial charge is 0.0919 e. The van der Waals surface area contributed by atoms with Crippen molar-refractivity contribution in [3.8, 4) is 0 Å². The fraction of sp³-hybridized carbons (Fsp3) is 0.222. The zero-order valence-electron chi connectivity index (χ0n) is 12.1. The van der Waals surface area contributed by atoms with Gasteiger partial charge in [-0.25, -0.2) is 0 Å². The molecule has 2 aromatic carbocycles. The number of benzene rings is 2. The van der Waals surface area contributed by atoms with E-state index in [-0.39, 0.29) is 0 Å². The van der Waals surface area contributed by atoms with Gasteiger partial charge >= 0.3 is 0 Å². The molecule has 0 N–H and O–H groups in total. The van der Waals surface area contributed by atoms with E-state index in [4.69, 9.17) is 0 Å². The Labute approximate surface area is 117 Å². The van der Waals surface area contributed by atoms with E-state index < -0.39 is 8.07 Å². The molecule has 0 aromatic heterocycles. The van der Waals surface area contributed by atoms with Gasteiger partial charge in [0.25, 0.3) is 0 Å². The first-order valence-electron chi connectivity index (χ1n) is 6.80. The zero-order chi connectivity index (χ0) is 13.9. The summed E-state index contributed by atoms with van der Waals surface area (Å²) in [5.74, 6) is 0. The molecule has 0 radical (unpaired) electrons. The summed E-state index contributed by atoms with van der Waals surface area (Å²) >= 11 is 0. The molecular weight excluding hydrogens is 244 g/mol. The molecule has 0 fully saturated rings. The fourth-order valence-electron chi connectivity index (χ4n) is 2.76. The first-order valence-corrected chi connectivity index (χ1v) is 9.88. The maximum absolute atomic E-state index is 4.09. The molecule has 1 atom stereocenters. The van der Waals surface area contributed by atoms with E-state index in [0.717, 1.165) is 0 Å². The second kappa shape index (κ2) is 5.58. The van der Waals surface area contributed by atoms with Crippen LogP contribution in [0.25, 0.3) is 0 Å². The Morgan fingerprint density at radius 3 is 2.26 bits per heavy atom. The van der Waals surface area contributed by atoms with Crippen LogP contribution in [0.1, 0.15) is 16.7 Å². The predicted molar refractivity (Wildman–Crippen MR) is 87.7 cm³/mol. The molecule has 0 aliphatic rings. The molecule has 0 spiro atoms. The van der Waals surface area contributed by atoms with Crippen molar-refractivity contribution in [2.45, 2.75) is 25.6 Å². The van der Waals surface area contributed by atoms with Crippen LogP contribution >= 0.6 is 0 Å². The Bertz CT molecular complexity index is 555. The summed E-state index contributed by atoms with van der Waals surface area (Å²) in [4.78, 5) is 0. The van der Waals surface area contributed by atoms with Crippen molar-refractivity contribution in [2.75, 3.05) is 0 Å². The van der Waals surface area contributed by atoms with E-state index in [2.05, 4.69) is 87.3 Å². The molecule has 2 aromatic rings. The fourth-order valence-corrected chi connectivity index (χ4v) is 5.77. The van der Waals surface area contributed by atoms with Crippen LogP contribution in [0.5, 0.6) is 0 Å². The molecule has 19 heavy (non-hydrogen) atoms. The number of allylic oxidation sites excluding steroid dienone is 1. The van der Waals surface area contributed by atoms with Crippen LogP contribution in [0.15, 0.2) is 67.3 Å². The Morgan fingerprint density at radius 1 is 1.00 bits per heavy atom. The van der Waals surface area contributed by atoms with Gasteiger partial charge in [-0.1, -0.05) is 84.5 Å². The maximum atomic E-state index is 4.09. The largest absolute Gasteiger partial charge is 0.103 e. The normalized spacial score (nSPS) is 13.0. The van der Waals surface area contributed by atoms with Crippen molar-refractivity contribution < 1.29 is 0 Å². The predicted octanol–water partition coefficient (Wildman–Crippen LogP) is 4.42.